The minimum Gasteiger partial charge on any atom is -0.466 e. The van der Waals surface area contributed by atoms with Crippen molar-refractivity contribution in [2.24, 2.45) is 5.92 Å². The summed E-state index contributed by atoms with van der Waals surface area (Å²) in [6.07, 6.45) is 5.04. The van der Waals surface area contributed by atoms with Gasteiger partial charge in [0.2, 0.25) is 0 Å². The van der Waals surface area contributed by atoms with Gasteiger partial charge in [0.25, 0.3) is 11.5 Å². The number of thioether (sulfide) groups is 1. The first-order valence-corrected chi connectivity index (χ1v) is 14.0. The van der Waals surface area contributed by atoms with Crippen LogP contribution in [-0.2, 0) is 25.6 Å². The lowest BCUT2D eigenvalue weighted by Crippen LogP contribution is -2.43. The first-order chi connectivity index (χ1) is 17.8. The molecule has 3 aliphatic rings. The first kappa shape index (κ1) is 27.4. The van der Waals surface area contributed by atoms with E-state index >= 15 is 0 Å². The summed E-state index contributed by atoms with van der Waals surface area (Å²) in [7, 11) is 0. The Kier molecular flexibility index (Phi) is 8.72. The largest absolute Gasteiger partial charge is 0.466 e. The van der Waals surface area contributed by atoms with Gasteiger partial charge in [-0.3, -0.25) is 23.9 Å². The molecule has 0 bridgehead atoms. The Morgan fingerprint density at radius 3 is 2.73 bits per heavy atom. The predicted octanol–water partition coefficient (Wildman–Crippen LogP) is 3.21. The van der Waals surface area contributed by atoms with Crippen molar-refractivity contribution in [2.45, 2.75) is 59.1 Å². The maximum atomic E-state index is 13.4. The van der Waals surface area contributed by atoms with Gasteiger partial charge in [0.1, 0.15) is 21.8 Å². The Morgan fingerprint density at radius 1 is 1.30 bits per heavy atom. The summed E-state index contributed by atoms with van der Waals surface area (Å²) < 4.78 is 13.0. The zero-order valence-corrected chi connectivity index (χ0v) is 23.1. The van der Waals surface area contributed by atoms with Crippen LogP contribution in [0.5, 0.6) is 0 Å². The molecule has 1 aromatic rings. The molecular weight excluding hydrogens is 512 g/mol. The minimum absolute atomic E-state index is 0.0282. The highest BCUT2D eigenvalue weighted by molar-refractivity contribution is 8.26. The summed E-state index contributed by atoms with van der Waals surface area (Å²) in [6.45, 7) is 8.15. The van der Waals surface area contributed by atoms with Crippen molar-refractivity contribution in [1.29, 1.82) is 5.26 Å². The number of esters is 1. The molecule has 3 fully saturated rings. The first-order valence-electron chi connectivity index (χ1n) is 12.8. The molecule has 3 aliphatic heterocycles. The van der Waals surface area contributed by atoms with Crippen molar-refractivity contribution in [2.75, 3.05) is 37.7 Å². The number of carbonyl (C=O) groups excluding carboxylic acids is 2. The maximum Gasteiger partial charge on any atom is 0.310 e. The number of pyridine rings is 1. The standard InChI is InChI=1S/C26H32N4O5S2/c1-4-29-22(28-10-6-8-17(14-28)25(33)34-5-2)19(16(3)20(13-27)23(29)31)12-21-24(32)30(26(36)37-21)15-18-9-7-11-35-18/h12,17-18H,4-11,14-15H2,1-3H3. The van der Waals surface area contributed by atoms with Crippen LogP contribution >= 0.6 is 24.0 Å². The number of nitrogens with zero attached hydrogens (tertiary/aromatic N) is 4. The van der Waals surface area contributed by atoms with Crippen LogP contribution in [0.4, 0.5) is 5.82 Å². The van der Waals surface area contributed by atoms with E-state index in [1.54, 1.807) is 29.4 Å². The average Bonchev–Trinajstić information content (AvgIpc) is 3.50. The van der Waals surface area contributed by atoms with Gasteiger partial charge in [-0.15, -0.1) is 0 Å². The molecule has 0 aliphatic carbocycles. The molecule has 11 heteroatoms. The van der Waals surface area contributed by atoms with Crippen LogP contribution in [0.3, 0.4) is 0 Å². The number of piperidine rings is 1. The molecule has 2 atom stereocenters. The second kappa shape index (κ2) is 11.8. The third-order valence-electron chi connectivity index (χ3n) is 7.06. The number of ether oxygens (including phenoxy) is 2. The van der Waals surface area contributed by atoms with E-state index in [4.69, 9.17) is 21.7 Å². The number of carbonyl (C=O) groups is 2. The topological polar surface area (TPSA) is 105 Å². The van der Waals surface area contributed by atoms with Gasteiger partial charge in [0.05, 0.1) is 30.1 Å². The van der Waals surface area contributed by atoms with E-state index in [2.05, 4.69) is 6.07 Å². The van der Waals surface area contributed by atoms with Crippen molar-refractivity contribution < 1.29 is 19.1 Å². The Labute approximate surface area is 226 Å². The minimum atomic E-state index is -0.376. The fourth-order valence-corrected chi connectivity index (χ4v) is 6.44. The Balaban J connectivity index is 1.77. The lowest BCUT2D eigenvalue weighted by molar-refractivity contribution is -0.148. The SMILES string of the molecule is CCOC(=O)C1CCCN(c2c(C=C3SC(=S)N(CC4CCCO4)C3=O)c(C)c(C#N)c(=O)n2CC)C1. The van der Waals surface area contributed by atoms with Crippen LogP contribution in [0.15, 0.2) is 9.70 Å². The van der Waals surface area contributed by atoms with E-state index in [9.17, 15) is 19.6 Å². The normalized spacial score (nSPS) is 23.1. The lowest BCUT2D eigenvalue weighted by atomic mass is 9.96. The van der Waals surface area contributed by atoms with Crippen molar-refractivity contribution in [3.05, 3.63) is 31.9 Å². The zero-order valence-electron chi connectivity index (χ0n) is 21.4. The molecule has 0 radical (unpaired) electrons. The van der Waals surface area contributed by atoms with Crippen molar-refractivity contribution in [3.63, 3.8) is 0 Å². The van der Waals surface area contributed by atoms with Gasteiger partial charge in [-0.05, 0) is 58.1 Å². The third-order valence-corrected chi connectivity index (χ3v) is 8.44. The molecule has 1 amide bonds. The summed E-state index contributed by atoms with van der Waals surface area (Å²) in [6, 6.07) is 2.05. The predicted molar refractivity (Wildman–Crippen MR) is 146 cm³/mol. The Morgan fingerprint density at radius 2 is 2.08 bits per heavy atom. The molecule has 9 nitrogen and oxygen atoms in total. The van der Waals surface area contributed by atoms with E-state index in [1.165, 1.54) is 11.8 Å². The van der Waals surface area contributed by atoms with Crippen molar-refractivity contribution in [3.8, 4) is 6.07 Å². The number of aromatic nitrogens is 1. The van der Waals surface area contributed by atoms with Gasteiger partial charge in [-0.2, -0.15) is 5.26 Å². The summed E-state index contributed by atoms with van der Waals surface area (Å²) in [5.74, 6) is -0.156. The van der Waals surface area contributed by atoms with E-state index in [-0.39, 0.29) is 35.0 Å². The number of hydrogen-bond acceptors (Lipinski definition) is 9. The third kappa shape index (κ3) is 5.47. The summed E-state index contributed by atoms with van der Waals surface area (Å²) in [5.41, 5.74) is 0.805. The number of anilines is 1. The van der Waals surface area contributed by atoms with Gasteiger partial charge in [0.15, 0.2) is 0 Å². The van der Waals surface area contributed by atoms with E-state index < -0.39 is 0 Å². The number of rotatable bonds is 7. The van der Waals surface area contributed by atoms with Gasteiger partial charge in [0, 0.05) is 31.8 Å². The van der Waals surface area contributed by atoms with E-state index in [0.29, 0.717) is 72.0 Å². The van der Waals surface area contributed by atoms with Crippen LogP contribution in [0.2, 0.25) is 0 Å². The van der Waals surface area contributed by atoms with Crippen molar-refractivity contribution in [1.82, 2.24) is 9.47 Å². The fourth-order valence-electron chi connectivity index (χ4n) is 5.18. The summed E-state index contributed by atoms with van der Waals surface area (Å²) >= 11 is 6.74. The van der Waals surface area contributed by atoms with Gasteiger partial charge >= 0.3 is 5.97 Å². The number of nitriles is 1. The Bertz CT molecular complexity index is 1230. The van der Waals surface area contributed by atoms with E-state index in [0.717, 1.165) is 19.3 Å². The molecular formula is C26H32N4O5S2. The van der Waals surface area contributed by atoms with Crippen LogP contribution in [-0.4, -0.2) is 64.6 Å². The molecule has 0 aromatic carbocycles. The Hall–Kier alpha value is -2.68. The molecule has 4 heterocycles. The van der Waals surface area contributed by atoms with Gasteiger partial charge < -0.3 is 14.4 Å². The molecule has 2 unspecified atom stereocenters. The van der Waals surface area contributed by atoms with Gasteiger partial charge in [-0.1, -0.05) is 24.0 Å². The quantitative estimate of drug-likeness (QED) is 0.291. The van der Waals surface area contributed by atoms with Crippen LogP contribution in [0.25, 0.3) is 6.08 Å². The molecule has 0 spiro atoms. The number of thiocarbonyl (C=S) groups is 1. The van der Waals surface area contributed by atoms with Crippen LogP contribution in [0.1, 0.15) is 56.2 Å². The highest BCUT2D eigenvalue weighted by Gasteiger charge is 2.36. The summed E-state index contributed by atoms with van der Waals surface area (Å²) in [4.78, 5) is 43.2. The van der Waals surface area contributed by atoms with Gasteiger partial charge in [-0.25, -0.2) is 0 Å². The number of hydrogen-bond donors (Lipinski definition) is 0. The highest BCUT2D eigenvalue weighted by atomic mass is 32.2. The highest BCUT2D eigenvalue weighted by Crippen LogP contribution is 2.37. The van der Waals surface area contributed by atoms with Crippen molar-refractivity contribution >= 4 is 52.1 Å². The van der Waals surface area contributed by atoms with E-state index in [1.807, 2.05) is 11.8 Å². The second-order valence-corrected chi connectivity index (χ2v) is 11.0. The smallest absolute Gasteiger partial charge is 0.310 e. The molecule has 4 rings (SSSR count). The molecule has 37 heavy (non-hydrogen) atoms. The van der Waals surface area contributed by atoms with Crippen LogP contribution < -0.4 is 10.5 Å². The maximum absolute atomic E-state index is 13.4. The fraction of sp³-hybridized carbons (Fsp3) is 0.577. The zero-order chi connectivity index (χ0) is 26.7. The molecule has 0 saturated carbocycles. The molecule has 3 saturated heterocycles. The second-order valence-electron chi connectivity index (χ2n) is 9.36. The van der Waals surface area contributed by atoms with Crippen LogP contribution in [0, 0.1) is 24.2 Å². The molecule has 1 aromatic heterocycles. The average molecular weight is 545 g/mol. The monoisotopic (exact) mass is 544 g/mol. The molecule has 0 N–H and O–H groups in total. The summed E-state index contributed by atoms with van der Waals surface area (Å²) in [5, 5.41) is 9.80. The number of amides is 1. The molecule has 198 valence electrons. The lowest BCUT2D eigenvalue weighted by Gasteiger charge is -2.36.